The molecule has 1 aliphatic carbocycles. The Morgan fingerprint density at radius 2 is 2.20 bits per heavy atom. The van der Waals surface area contributed by atoms with Gasteiger partial charge in [0.1, 0.15) is 5.69 Å². The molecule has 3 nitrogen and oxygen atoms in total. The molecular weight excluding hydrogens is 188 g/mol. The fourth-order valence-corrected chi connectivity index (χ4v) is 2.85. The van der Waals surface area contributed by atoms with Crippen LogP contribution in [0.25, 0.3) is 0 Å². The van der Waals surface area contributed by atoms with E-state index in [1.807, 2.05) is 0 Å². The summed E-state index contributed by atoms with van der Waals surface area (Å²) in [6.07, 6.45) is 2.21. The van der Waals surface area contributed by atoms with Gasteiger partial charge in [0.05, 0.1) is 0 Å². The van der Waals surface area contributed by atoms with Gasteiger partial charge in [0.2, 0.25) is 0 Å². The maximum atomic E-state index is 11.6. The number of amides is 1. The topological polar surface area (TPSA) is 34.0 Å². The second-order valence-electron chi connectivity index (χ2n) is 5.43. The van der Waals surface area contributed by atoms with Gasteiger partial charge in [-0.1, -0.05) is 13.8 Å². The molecule has 0 saturated heterocycles. The second kappa shape index (κ2) is 2.65. The van der Waals surface area contributed by atoms with Crippen LogP contribution in [0.5, 0.6) is 0 Å². The molecule has 1 aliphatic heterocycles. The summed E-state index contributed by atoms with van der Waals surface area (Å²) in [5.74, 6) is 0.0912. The summed E-state index contributed by atoms with van der Waals surface area (Å²) in [5, 5.41) is 2.89. The average Bonchev–Trinajstić information content (AvgIpc) is 2.59. The third-order valence-corrected chi connectivity index (χ3v) is 3.47. The quantitative estimate of drug-likeness (QED) is 0.680. The molecule has 2 heterocycles. The third kappa shape index (κ3) is 1.22. The monoisotopic (exact) mass is 204 g/mol. The molecule has 0 spiro atoms. The Balaban J connectivity index is 2.10. The van der Waals surface area contributed by atoms with Gasteiger partial charge in [-0.25, -0.2) is 0 Å². The van der Waals surface area contributed by atoms with Crippen LogP contribution in [0.3, 0.4) is 0 Å². The standard InChI is InChI=1S/C12H16N2O/c1-12(2)6-8-5-9-11(15)13-3-4-14(9)10(8)7-12/h5H,3-4,6-7H2,1-2H3,(H,13,15). The highest BCUT2D eigenvalue weighted by molar-refractivity contribution is 5.94. The molecule has 80 valence electrons. The Morgan fingerprint density at radius 1 is 1.40 bits per heavy atom. The van der Waals surface area contributed by atoms with Crippen LogP contribution < -0.4 is 5.32 Å². The summed E-state index contributed by atoms with van der Waals surface area (Å²) in [7, 11) is 0. The summed E-state index contributed by atoms with van der Waals surface area (Å²) in [6.45, 7) is 6.30. The van der Waals surface area contributed by atoms with Gasteiger partial charge in [0, 0.05) is 18.8 Å². The van der Waals surface area contributed by atoms with E-state index in [0.717, 1.165) is 31.6 Å². The van der Waals surface area contributed by atoms with Gasteiger partial charge in [0.15, 0.2) is 0 Å². The second-order valence-corrected chi connectivity index (χ2v) is 5.43. The minimum atomic E-state index is 0.0912. The van der Waals surface area contributed by atoms with Gasteiger partial charge in [-0.3, -0.25) is 4.79 Å². The first-order chi connectivity index (χ1) is 7.07. The van der Waals surface area contributed by atoms with Crippen LogP contribution in [0, 0.1) is 5.41 Å². The molecule has 0 bridgehead atoms. The predicted octanol–water partition coefficient (Wildman–Crippen LogP) is 1.36. The molecule has 1 aromatic heterocycles. The van der Waals surface area contributed by atoms with Crippen molar-refractivity contribution in [3.8, 4) is 0 Å². The van der Waals surface area contributed by atoms with Gasteiger partial charge < -0.3 is 9.88 Å². The van der Waals surface area contributed by atoms with Gasteiger partial charge in [0.25, 0.3) is 5.91 Å². The first-order valence-corrected chi connectivity index (χ1v) is 5.56. The van der Waals surface area contributed by atoms with E-state index in [1.165, 1.54) is 11.3 Å². The number of aromatic nitrogens is 1. The van der Waals surface area contributed by atoms with Crippen molar-refractivity contribution < 1.29 is 4.79 Å². The highest BCUT2D eigenvalue weighted by atomic mass is 16.2. The van der Waals surface area contributed by atoms with Gasteiger partial charge in [-0.2, -0.15) is 0 Å². The zero-order valence-electron chi connectivity index (χ0n) is 9.26. The Bertz CT molecular complexity index is 443. The van der Waals surface area contributed by atoms with Crippen molar-refractivity contribution in [1.82, 2.24) is 9.88 Å². The third-order valence-electron chi connectivity index (χ3n) is 3.47. The summed E-state index contributed by atoms with van der Waals surface area (Å²) < 4.78 is 2.21. The van der Waals surface area contributed by atoms with E-state index in [4.69, 9.17) is 0 Å². The largest absolute Gasteiger partial charge is 0.349 e. The van der Waals surface area contributed by atoms with Crippen LogP contribution in [-0.2, 0) is 19.4 Å². The SMILES string of the molecule is CC1(C)Cc2cc3n(c2C1)CCNC3=O. The van der Waals surface area contributed by atoms with Crippen molar-refractivity contribution in [2.24, 2.45) is 5.41 Å². The van der Waals surface area contributed by atoms with Crippen LogP contribution in [0.1, 0.15) is 35.6 Å². The first-order valence-electron chi connectivity index (χ1n) is 5.56. The van der Waals surface area contributed by atoms with E-state index >= 15 is 0 Å². The number of nitrogens with zero attached hydrogens (tertiary/aromatic N) is 1. The normalized spacial score (nSPS) is 22.1. The Kier molecular flexibility index (Phi) is 1.59. The molecule has 0 radical (unpaired) electrons. The molecule has 15 heavy (non-hydrogen) atoms. The van der Waals surface area contributed by atoms with Gasteiger partial charge >= 0.3 is 0 Å². The molecule has 1 amide bonds. The van der Waals surface area contributed by atoms with Crippen LogP contribution >= 0.6 is 0 Å². The number of carbonyl (C=O) groups excluding carboxylic acids is 1. The average molecular weight is 204 g/mol. The number of hydrogen-bond acceptors (Lipinski definition) is 1. The molecule has 3 heteroatoms. The van der Waals surface area contributed by atoms with E-state index in [-0.39, 0.29) is 5.91 Å². The molecule has 0 unspecified atom stereocenters. The van der Waals surface area contributed by atoms with Crippen molar-refractivity contribution in [3.63, 3.8) is 0 Å². The highest BCUT2D eigenvalue weighted by Gasteiger charge is 2.34. The van der Waals surface area contributed by atoms with Gasteiger partial charge in [-0.15, -0.1) is 0 Å². The van der Waals surface area contributed by atoms with Crippen LogP contribution in [0.15, 0.2) is 6.07 Å². The van der Waals surface area contributed by atoms with E-state index in [1.54, 1.807) is 0 Å². The molecule has 0 fully saturated rings. The Morgan fingerprint density at radius 3 is 3.00 bits per heavy atom. The lowest BCUT2D eigenvalue weighted by atomic mass is 9.90. The van der Waals surface area contributed by atoms with Crippen molar-refractivity contribution in [3.05, 3.63) is 23.0 Å². The predicted molar refractivity (Wildman–Crippen MR) is 58.0 cm³/mol. The molecule has 0 saturated carbocycles. The van der Waals surface area contributed by atoms with Crippen molar-refractivity contribution in [1.29, 1.82) is 0 Å². The van der Waals surface area contributed by atoms with E-state index < -0.39 is 0 Å². The molecular formula is C12H16N2O. The molecule has 0 aromatic carbocycles. The smallest absolute Gasteiger partial charge is 0.267 e. The van der Waals surface area contributed by atoms with Crippen LogP contribution in [0.4, 0.5) is 0 Å². The van der Waals surface area contributed by atoms with Crippen molar-refractivity contribution >= 4 is 5.91 Å². The lowest BCUT2D eigenvalue weighted by molar-refractivity contribution is 0.0926. The number of hydrogen-bond donors (Lipinski definition) is 1. The zero-order chi connectivity index (χ0) is 10.6. The summed E-state index contributed by atoms with van der Waals surface area (Å²) in [4.78, 5) is 11.6. The lowest BCUT2D eigenvalue weighted by Crippen LogP contribution is -2.35. The van der Waals surface area contributed by atoms with E-state index in [0.29, 0.717) is 5.41 Å². The van der Waals surface area contributed by atoms with Crippen LogP contribution in [-0.4, -0.2) is 17.0 Å². The summed E-state index contributed by atoms with van der Waals surface area (Å²) >= 11 is 0. The Labute approximate surface area is 89.5 Å². The molecule has 2 aliphatic rings. The fourth-order valence-electron chi connectivity index (χ4n) is 2.85. The first kappa shape index (κ1) is 9.01. The number of fused-ring (bicyclic) bond motifs is 3. The zero-order valence-corrected chi connectivity index (χ0v) is 9.26. The molecule has 3 rings (SSSR count). The minimum absolute atomic E-state index is 0.0912. The lowest BCUT2D eigenvalue weighted by Gasteiger charge is -2.21. The van der Waals surface area contributed by atoms with Crippen molar-refractivity contribution in [2.45, 2.75) is 33.2 Å². The van der Waals surface area contributed by atoms with Crippen molar-refractivity contribution in [2.75, 3.05) is 6.54 Å². The molecule has 0 atom stereocenters. The highest BCUT2D eigenvalue weighted by Crippen LogP contribution is 2.38. The Hall–Kier alpha value is -1.25. The van der Waals surface area contributed by atoms with Gasteiger partial charge in [-0.05, 0) is 29.9 Å². The summed E-state index contributed by atoms with van der Waals surface area (Å²) in [5.41, 5.74) is 4.01. The molecule has 1 aromatic rings. The van der Waals surface area contributed by atoms with Crippen LogP contribution in [0.2, 0.25) is 0 Å². The number of nitrogens with one attached hydrogen (secondary N) is 1. The van der Waals surface area contributed by atoms with E-state index in [9.17, 15) is 4.79 Å². The maximum absolute atomic E-state index is 11.6. The minimum Gasteiger partial charge on any atom is -0.349 e. The summed E-state index contributed by atoms with van der Waals surface area (Å²) in [6, 6.07) is 2.08. The van der Waals surface area contributed by atoms with E-state index in [2.05, 4.69) is 29.8 Å². The molecule has 1 N–H and O–H groups in total. The number of carbonyl (C=O) groups is 1. The fraction of sp³-hybridized carbons (Fsp3) is 0.583. The number of rotatable bonds is 0. The maximum Gasteiger partial charge on any atom is 0.267 e.